The third-order valence-corrected chi connectivity index (χ3v) is 10.4. The molecule has 3 rings (SSSR count). The van der Waals surface area contributed by atoms with Gasteiger partial charge in [0.25, 0.3) is 0 Å². The van der Waals surface area contributed by atoms with Gasteiger partial charge in [0.2, 0.25) is 8.32 Å². The van der Waals surface area contributed by atoms with Gasteiger partial charge in [-0.05, 0) is 49.2 Å². The molecule has 1 heterocycles. The number of aromatic amines is 1. The molecule has 5 nitrogen and oxygen atoms in total. The van der Waals surface area contributed by atoms with Crippen LogP contribution in [0.25, 0.3) is 17.1 Å². The van der Waals surface area contributed by atoms with E-state index in [1.165, 1.54) is 11.6 Å². The van der Waals surface area contributed by atoms with Gasteiger partial charge in [-0.25, -0.2) is 9.78 Å². The Morgan fingerprint density at radius 2 is 1.84 bits per heavy atom. The molecule has 2 aromatic carbocycles. The smallest absolute Gasteiger partial charge is 0.330 e. The third kappa shape index (κ3) is 5.88. The van der Waals surface area contributed by atoms with E-state index in [-0.39, 0.29) is 11.0 Å². The molecule has 170 valence electrons. The monoisotopic (exact) mass is 450 g/mol. The van der Waals surface area contributed by atoms with Crippen LogP contribution in [0, 0.1) is 0 Å². The van der Waals surface area contributed by atoms with Crippen LogP contribution in [0.5, 0.6) is 5.75 Å². The molecule has 0 fully saturated rings. The van der Waals surface area contributed by atoms with Gasteiger partial charge in [0.15, 0.2) is 0 Å². The SMILES string of the molecule is CCOC(=O)C=Cc1cc(O[Si](C)(C)C(C)(C)C)cc2[nH]c(CCc3ccccc3)nc12. The average molecular weight is 451 g/mol. The Morgan fingerprint density at radius 1 is 1.12 bits per heavy atom. The lowest BCUT2D eigenvalue weighted by molar-refractivity contribution is -0.137. The lowest BCUT2D eigenvalue weighted by Crippen LogP contribution is -2.43. The molecular weight excluding hydrogens is 416 g/mol. The van der Waals surface area contributed by atoms with E-state index >= 15 is 0 Å². The molecule has 0 radical (unpaired) electrons. The lowest BCUT2D eigenvalue weighted by atomic mass is 10.1. The fraction of sp³-hybridized carbons (Fsp3) is 0.385. The normalized spacial score (nSPS) is 12.4. The van der Waals surface area contributed by atoms with Crippen LogP contribution < -0.4 is 4.43 Å². The van der Waals surface area contributed by atoms with Gasteiger partial charge in [-0.3, -0.25) is 0 Å². The zero-order chi connectivity index (χ0) is 23.4. The summed E-state index contributed by atoms with van der Waals surface area (Å²) in [6.07, 6.45) is 4.92. The van der Waals surface area contributed by atoms with Crippen molar-refractivity contribution < 1.29 is 14.0 Å². The zero-order valence-electron chi connectivity index (χ0n) is 20.0. The Morgan fingerprint density at radius 3 is 2.50 bits per heavy atom. The van der Waals surface area contributed by atoms with Crippen molar-refractivity contribution >= 4 is 31.4 Å². The number of ether oxygens (including phenoxy) is 1. The molecule has 0 bridgehead atoms. The van der Waals surface area contributed by atoms with E-state index in [0.29, 0.717) is 6.61 Å². The first-order valence-electron chi connectivity index (χ1n) is 11.2. The highest BCUT2D eigenvalue weighted by molar-refractivity contribution is 6.74. The maximum absolute atomic E-state index is 11.9. The maximum Gasteiger partial charge on any atom is 0.330 e. The van der Waals surface area contributed by atoms with Crippen molar-refractivity contribution in [1.82, 2.24) is 9.97 Å². The van der Waals surface area contributed by atoms with Crippen molar-refractivity contribution in [3.63, 3.8) is 0 Å². The van der Waals surface area contributed by atoms with Crippen LogP contribution in [0.1, 0.15) is 44.6 Å². The summed E-state index contributed by atoms with van der Waals surface area (Å²) in [7, 11) is -2.02. The number of aromatic nitrogens is 2. The Balaban J connectivity index is 1.95. The Labute approximate surface area is 192 Å². The molecule has 1 aromatic heterocycles. The second kappa shape index (κ2) is 9.73. The highest BCUT2D eigenvalue weighted by Gasteiger charge is 2.39. The molecule has 0 aliphatic carbocycles. The van der Waals surface area contributed by atoms with Crippen molar-refractivity contribution in [1.29, 1.82) is 0 Å². The lowest BCUT2D eigenvalue weighted by Gasteiger charge is -2.36. The number of H-pyrrole nitrogens is 1. The number of hydrogen-bond donors (Lipinski definition) is 1. The summed E-state index contributed by atoms with van der Waals surface area (Å²) in [6, 6.07) is 14.4. The van der Waals surface area contributed by atoms with E-state index in [4.69, 9.17) is 14.1 Å². The van der Waals surface area contributed by atoms with Crippen molar-refractivity contribution in [3.05, 3.63) is 65.5 Å². The van der Waals surface area contributed by atoms with E-state index in [1.807, 2.05) is 18.2 Å². The topological polar surface area (TPSA) is 64.2 Å². The Kier molecular flexibility index (Phi) is 7.24. The standard InChI is InChI=1S/C26H34N2O3Si/c1-7-30-24(29)16-14-20-17-21(31-32(5,6)26(2,3)4)18-22-25(20)28-23(27-22)15-13-19-11-9-8-10-12-19/h8-12,14,16-18H,7,13,15H2,1-6H3,(H,27,28). The van der Waals surface area contributed by atoms with Crippen molar-refractivity contribution in [2.45, 2.75) is 58.7 Å². The number of fused-ring (bicyclic) bond motifs is 1. The van der Waals surface area contributed by atoms with Gasteiger partial charge in [0, 0.05) is 24.1 Å². The predicted octanol–water partition coefficient (Wildman–Crippen LogP) is 6.31. The van der Waals surface area contributed by atoms with Crippen LogP contribution in [0.2, 0.25) is 18.1 Å². The van der Waals surface area contributed by atoms with Gasteiger partial charge < -0.3 is 14.1 Å². The molecule has 3 aromatic rings. The molecule has 0 atom stereocenters. The first-order chi connectivity index (χ1) is 15.1. The number of benzene rings is 2. The fourth-order valence-corrected chi connectivity index (χ4v) is 4.19. The van der Waals surface area contributed by atoms with Gasteiger partial charge in [-0.15, -0.1) is 0 Å². The average Bonchev–Trinajstić information content (AvgIpc) is 3.13. The molecule has 0 amide bonds. The molecule has 1 N–H and O–H groups in total. The van der Waals surface area contributed by atoms with Gasteiger partial charge in [-0.1, -0.05) is 51.1 Å². The number of nitrogens with zero attached hydrogens (tertiary/aromatic N) is 1. The van der Waals surface area contributed by atoms with E-state index in [0.717, 1.165) is 41.0 Å². The van der Waals surface area contributed by atoms with E-state index in [9.17, 15) is 4.79 Å². The Hall–Kier alpha value is -2.86. The Bertz CT molecular complexity index is 1100. The predicted molar refractivity (Wildman–Crippen MR) is 133 cm³/mol. The van der Waals surface area contributed by atoms with E-state index < -0.39 is 8.32 Å². The first-order valence-corrected chi connectivity index (χ1v) is 14.1. The number of carbonyl (C=O) groups excluding carboxylic acids is 1. The van der Waals surface area contributed by atoms with Gasteiger partial charge in [-0.2, -0.15) is 0 Å². The molecular formula is C26H34N2O3Si. The summed E-state index contributed by atoms with van der Waals surface area (Å²) < 4.78 is 11.6. The molecule has 6 heteroatoms. The second-order valence-electron chi connectivity index (χ2n) is 9.53. The van der Waals surface area contributed by atoms with Crippen LogP contribution in [0.15, 0.2) is 48.5 Å². The van der Waals surface area contributed by atoms with Gasteiger partial charge >= 0.3 is 5.97 Å². The molecule has 0 saturated heterocycles. The zero-order valence-corrected chi connectivity index (χ0v) is 21.0. The summed E-state index contributed by atoms with van der Waals surface area (Å²) in [5.74, 6) is 1.35. The van der Waals surface area contributed by atoms with Crippen LogP contribution in [0.4, 0.5) is 0 Å². The molecule has 0 aliphatic heterocycles. The van der Waals surface area contributed by atoms with Gasteiger partial charge in [0.05, 0.1) is 17.6 Å². The first kappa shape index (κ1) is 23.8. The highest BCUT2D eigenvalue weighted by Crippen LogP contribution is 2.38. The maximum atomic E-state index is 11.9. The summed E-state index contributed by atoms with van der Waals surface area (Å²) in [4.78, 5) is 20.2. The summed E-state index contributed by atoms with van der Waals surface area (Å²) in [5, 5.41) is 0.0811. The fourth-order valence-electron chi connectivity index (χ4n) is 3.18. The molecule has 0 spiro atoms. The largest absolute Gasteiger partial charge is 0.543 e. The van der Waals surface area contributed by atoms with Crippen LogP contribution in [-0.4, -0.2) is 30.9 Å². The minimum Gasteiger partial charge on any atom is -0.543 e. The molecule has 32 heavy (non-hydrogen) atoms. The molecule has 0 unspecified atom stereocenters. The number of nitrogens with one attached hydrogen (secondary N) is 1. The number of imidazole rings is 1. The summed E-state index contributed by atoms with van der Waals surface area (Å²) >= 11 is 0. The van der Waals surface area contributed by atoms with Gasteiger partial charge in [0.1, 0.15) is 11.6 Å². The number of hydrogen-bond acceptors (Lipinski definition) is 4. The second-order valence-corrected chi connectivity index (χ2v) is 14.3. The summed E-state index contributed by atoms with van der Waals surface area (Å²) in [5.41, 5.74) is 3.85. The van der Waals surface area contributed by atoms with Crippen molar-refractivity contribution in [2.24, 2.45) is 0 Å². The molecule has 0 saturated carbocycles. The highest BCUT2D eigenvalue weighted by atomic mass is 28.4. The summed E-state index contributed by atoms with van der Waals surface area (Å²) in [6.45, 7) is 13.3. The van der Waals surface area contributed by atoms with Crippen LogP contribution in [-0.2, 0) is 22.4 Å². The van der Waals surface area contributed by atoms with Crippen molar-refractivity contribution in [2.75, 3.05) is 6.61 Å². The minimum absolute atomic E-state index is 0.0811. The quantitative estimate of drug-likeness (QED) is 0.248. The number of esters is 1. The van der Waals surface area contributed by atoms with Crippen LogP contribution in [0.3, 0.4) is 0 Å². The number of aryl methyl sites for hydroxylation is 2. The third-order valence-electron chi connectivity index (χ3n) is 6.00. The van der Waals surface area contributed by atoms with E-state index in [2.05, 4.69) is 63.1 Å². The van der Waals surface area contributed by atoms with Crippen LogP contribution >= 0.6 is 0 Å². The number of carbonyl (C=O) groups is 1. The number of rotatable bonds is 8. The van der Waals surface area contributed by atoms with E-state index in [1.54, 1.807) is 13.0 Å². The molecule has 0 aliphatic rings. The minimum atomic E-state index is -2.02. The van der Waals surface area contributed by atoms with Crippen molar-refractivity contribution in [3.8, 4) is 5.75 Å².